The fourth-order valence-corrected chi connectivity index (χ4v) is 3.31. The van der Waals surface area contributed by atoms with E-state index in [1.54, 1.807) is 18.3 Å². The molecule has 0 saturated carbocycles. The second-order valence-corrected chi connectivity index (χ2v) is 6.62. The predicted octanol–water partition coefficient (Wildman–Crippen LogP) is 3.50. The fourth-order valence-electron chi connectivity index (χ4n) is 2.15. The Balaban J connectivity index is 1.62. The third kappa shape index (κ3) is 4.43. The summed E-state index contributed by atoms with van der Waals surface area (Å²) in [4.78, 5) is 12.0. The van der Waals surface area contributed by atoms with Crippen molar-refractivity contribution in [3.05, 3.63) is 70.7 Å². The number of carbonyl (C=O) groups is 1. The van der Waals surface area contributed by atoms with Gasteiger partial charge in [-0.3, -0.25) is 4.79 Å². The molecule has 0 spiro atoms. The fraction of sp³-hybridized carbons (Fsp3) is 0.118. The van der Waals surface area contributed by atoms with E-state index in [4.69, 9.17) is 11.6 Å². The lowest BCUT2D eigenvalue weighted by atomic mass is 10.1. The Kier molecular flexibility index (Phi) is 5.10. The average molecular weight is 344 g/mol. The lowest BCUT2D eigenvalue weighted by molar-refractivity contribution is -0.118. The van der Waals surface area contributed by atoms with Crippen LogP contribution in [-0.2, 0) is 11.2 Å². The van der Waals surface area contributed by atoms with Crippen LogP contribution in [0.3, 0.4) is 0 Å². The summed E-state index contributed by atoms with van der Waals surface area (Å²) < 4.78 is 0. The summed E-state index contributed by atoms with van der Waals surface area (Å²) in [5.41, 5.74) is 1.99. The number of nitrogens with zero attached hydrogens (tertiary/aromatic N) is 2. The Morgan fingerprint density at radius 3 is 2.78 bits per heavy atom. The molecular weight excluding hydrogens is 330 g/mol. The Morgan fingerprint density at radius 1 is 1.17 bits per heavy atom. The van der Waals surface area contributed by atoms with Crippen LogP contribution in [0.1, 0.15) is 11.1 Å². The van der Waals surface area contributed by atoms with Gasteiger partial charge in [-0.15, -0.1) is 5.10 Å². The van der Waals surface area contributed by atoms with Crippen molar-refractivity contribution >= 4 is 40.7 Å². The van der Waals surface area contributed by atoms with E-state index in [2.05, 4.69) is 15.5 Å². The molecule has 0 bridgehead atoms. The number of hydrogen-bond donors (Lipinski definition) is 1. The molecule has 2 aromatic carbocycles. The molecule has 1 atom stereocenters. The summed E-state index contributed by atoms with van der Waals surface area (Å²) in [7, 11) is 0. The summed E-state index contributed by atoms with van der Waals surface area (Å²) >= 11 is 7.31. The van der Waals surface area contributed by atoms with Crippen molar-refractivity contribution in [2.24, 2.45) is 10.2 Å². The first kappa shape index (κ1) is 15.8. The van der Waals surface area contributed by atoms with Gasteiger partial charge in [0.2, 0.25) is 5.91 Å². The zero-order valence-corrected chi connectivity index (χ0v) is 13.7. The van der Waals surface area contributed by atoms with Crippen molar-refractivity contribution < 1.29 is 4.79 Å². The molecule has 0 aliphatic carbocycles. The van der Waals surface area contributed by atoms with Crippen LogP contribution in [0, 0.1) is 0 Å². The van der Waals surface area contributed by atoms with Gasteiger partial charge in [0, 0.05) is 5.02 Å². The molecule has 1 N–H and O–H groups in total. The topological polar surface area (TPSA) is 53.8 Å². The highest BCUT2D eigenvalue weighted by Gasteiger charge is 2.30. The molecule has 0 unspecified atom stereocenters. The highest BCUT2D eigenvalue weighted by atomic mass is 35.5. The summed E-state index contributed by atoms with van der Waals surface area (Å²) in [6.45, 7) is 0. The summed E-state index contributed by atoms with van der Waals surface area (Å²) in [5.74, 6) is -0.0319. The number of nitrogens with one attached hydrogen (secondary N) is 1. The molecule has 3 rings (SSSR count). The van der Waals surface area contributed by atoms with Gasteiger partial charge in [-0.25, -0.2) is 0 Å². The Labute approximate surface area is 143 Å². The SMILES string of the molecule is O=C1N/C(=N\N=C/c2cccc(Cl)c2)S[C@@H]1Cc1ccccc1. The van der Waals surface area contributed by atoms with Gasteiger partial charge >= 0.3 is 0 Å². The van der Waals surface area contributed by atoms with Crippen molar-refractivity contribution in [2.75, 3.05) is 0 Å². The first-order chi connectivity index (χ1) is 11.2. The number of thioether (sulfide) groups is 1. The summed E-state index contributed by atoms with van der Waals surface area (Å²) in [6.07, 6.45) is 2.28. The highest BCUT2D eigenvalue weighted by Crippen LogP contribution is 2.23. The van der Waals surface area contributed by atoms with Gasteiger partial charge in [-0.05, 0) is 29.7 Å². The molecule has 1 fully saturated rings. The van der Waals surface area contributed by atoms with Gasteiger partial charge in [0.25, 0.3) is 0 Å². The third-order valence-corrected chi connectivity index (χ3v) is 4.55. The van der Waals surface area contributed by atoms with Gasteiger partial charge < -0.3 is 5.32 Å². The minimum atomic E-state index is -0.169. The van der Waals surface area contributed by atoms with Crippen LogP contribution in [0.4, 0.5) is 0 Å². The molecule has 0 radical (unpaired) electrons. The minimum absolute atomic E-state index is 0.0319. The van der Waals surface area contributed by atoms with E-state index in [1.165, 1.54) is 11.8 Å². The average Bonchev–Trinajstić information content (AvgIpc) is 2.88. The Hall–Kier alpha value is -2.11. The number of benzene rings is 2. The molecule has 1 heterocycles. The molecule has 1 aliphatic heterocycles. The molecule has 1 amide bonds. The molecule has 0 aromatic heterocycles. The second kappa shape index (κ2) is 7.44. The van der Waals surface area contributed by atoms with Gasteiger partial charge in [0.05, 0.1) is 11.5 Å². The molecule has 2 aromatic rings. The Morgan fingerprint density at radius 2 is 2.00 bits per heavy atom. The summed E-state index contributed by atoms with van der Waals surface area (Å²) in [5, 5.41) is 11.8. The number of carbonyl (C=O) groups excluding carboxylic acids is 1. The molecule has 1 aliphatic rings. The number of hydrogen-bond acceptors (Lipinski definition) is 4. The van der Waals surface area contributed by atoms with Gasteiger partial charge in [-0.2, -0.15) is 5.10 Å². The standard InChI is InChI=1S/C17H14ClN3OS/c18-14-8-4-7-13(9-14)11-19-21-17-20-16(22)15(23-17)10-12-5-2-1-3-6-12/h1-9,11,15H,10H2,(H,20,21,22)/b19-11-/t15-/m1/s1. The maximum absolute atomic E-state index is 12.0. The Bertz CT molecular complexity index is 761. The number of amidine groups is 1. The molecule has 6 heteroatoms. The van der Waals surface area contributed by atoms with Crippen LogP contribution in [0.2, 0.25) is 5.02 Å². The van der Waals surface area contributed by atoms with E-state index in [9.17, 15) is 4.79 Å². The number of amides is 1. The van der Waals surface area contributed by atoms with Crippen LogP contribution in [0.15, 0.2) is 64.8 Å². The molecule has 23 heavy (non-hydrogen) atoms. The van der Waals surface area contributed by atoms with E-state index in [0.717, 1.165) is 11.1 Å². The maximum atomic E-state index is 12.0. The van der Waals surface area contributed by atoms with E-state index in [1.807, 2.05) is 42.5 Å². The van der Waals surface area contributed by atoms with Crippen LogP contribution < -0.4 is 5.32 Å². The third-order valence-electron chi connectivity index (χ3n) is 3.24. The van der Waals surface area contributed by atoms with Crippen LogP contribution >= 0.6 is 23.4 Å². The molecular formula is C17H14ClN3OS. The van der Waals surface area contributed by atoms with Crippen molar-refractivity contribution in [1.29, 1.82) is 0 Å². The second-order valence-electron chi connectivity index (χ2n) is 4.99. The van der Waals surface area contributed by atoms with Gasteiger partial charge in [0.15, 0.2) is 5.17 Å². The van der Waals surface area contributed by atoms with Crippen LogP contribution in [0.25, 0.3) is 0 Å². The first-order valence-corrected chi connectivity index (χ1v) is 8.34. The largest absolute Gasteiger partial charge is 0.303 e. The van der Waals surface area contributed by atoms with Crippen LogP contribution in [0.5, 0.6) is 0 Å². The lowest BCUT2D eigenvalue weighted by Gasteiger charge is -2.04. The normalized spacial score (nSPS) is 19.4. The molecule has 116 valence electrons. The van der Waals surface area contributed by atoms with Gasteiger partial charge in [-0.1, -0.05) is 65.8 Å². The van der Waals surface area contributed by atoms with E-state index in [-0.39, 0.29) is 11.2 Å². The van der Waals surface area contributed by atoms with Crippen molar-refractivity contribution in [3.8, 4) is 0 Å². The molecule has 1 saturated heterocycles. The predicted molar refractivity (Wildman–Crippen MR) is 96.1 cm³/mol. The zero-order valence-electron chi connectivity index (χ0n) is 12.1. The molecule has 4 nitrogen and oxygen atoms in total. The van der Waals surface area contributed by atoms with Crippen LogP contribution in [-0.4, -0.2) is 22.5 Å². The smallest absolute Gasteiger partial charge is 0.239 e. The summed E-state index contributed by atoms with van der Waals surface area (Å²) in [6, 6.07) is 17.3. The maximum Gasteiger partial charge on any atom is 0.239 e. The van der Waals surface area contributed by atoms with Crippen molar-refractivity contribution in [3.63, 3.8) is 0 Å². The first-order valence-electron chi connectivity index (χ1n) is 7.09. The highest BCUT2D eigenvalue weighted by molar-refractivity contribution is 8.15. The number of rotatable bonds is 4. The van der Waals surface area contributed by atoms with Crippen molar-refractivity contribution in [1.82, 2.24) is 5.32 Å². The lowest BCUT2D eigenvalue weighted by Crippen LogP contribution is -2.25. The van der Waals surface area contributed by atoms with Crippen molar-refractivity contribution in [2.45, 2.75) is 11.7 Å². The van der Waals surface area contributed by atoms with E-state index in [0.29, 0.717) is 16.6 Å². The number of halogens is 1. The van der Waals surface area contributed by atoms with E-state index >= 15 is 0 Å². The van der Waals surface area contributed by atoms with E-state index < -0.39 is 0 Å². The minimum Gasteiger partial charge on any atom is -0.303 e. The van der Waals surface area contributed by atoms with Gasteiger partial charge in [0.1, 0.15) is 0 Å². The monoisotopic (exact) mass is 343 g/mol. The zero-order chi connectivity index (χ0) is 16.1. The quantitative estimate of drug-likeness (QED) is 0.682.